The minimum absolute atomic E-state index is 0. The number of aliphatic hydroxyl groups excluding tert-OH is 1. The average molecular weight is 273 g/mol. The topological polar surface area (TPSA) is 20.2 Å². The van der Waals surface area contributed by atoms with Crippen molar-refractivity contribution in [3.63, 3.8) is 0 Å². The summed E-state index contributed by atoms with van der Waals surface area (Å²) in [5.41, 5.74) is 3.33. The van der Waals surface area contributed by atoms with Gasteiger partial charge in [-0.1, -0.05) is 80.0 Å². The smallest absolute Gasteiger partial charge is 0.0428 e. The Morgan fingerprint density at radius 3 is 1.68 bits per heavy atom. The van der Waals surface area contributed by atoms with Gasteiger partial charge in [-0.05, 0) is 31.3 Å². The maximum atomic E-state index is 7.88. The summed E-state index contributed by atoms with van der Waals surface area (Å²) in [7, 11) is 0. The Labute approximate surface area is 123 Å². The van der Waals surface area contributed by atoms with Gasteiger partial charge in [-0.15, -0.1) is 0 Å². The summed E-state index contributed by atoms with van der Waals surface area (Å²) in [5, 5.41) is 7.88. The number of hydrogen-bond donors (Lipinski definition) is 1. The Morgan fingerprint density at radius 1 is 1.05 bits per heavy atom. The highest BCUT2D eigenvalue weighted by Crippen LogP contribution is 2.38. The summed E-state index contributed by atoms with van der Waals surface area (Å²) in [6, 6.07) is 0. The lowest BCUT2D eigenvalue weighted by Gasteiger charge is -1.87. The van der Waals surface area contributed by atoms with E-state index < -0.39 is 0 Å². The molecule has 2 aliphatic rings. The molecule has 0 spiro atoms. The largest absolute Gasteiger partial charge is 0.396 e. The van der Waals surface area contributed by atoms with Crippen LogP contribution in [-0.2, 0) is 0 Å². The molecule has 0 aliphatic heterocycles. The first kappa shape index (κ1) is 26.9. The van der Waals surface area contributed by atoms with Gasteiger partial charge >= 0.3 is 0 Å². The summed E-state index contributed by atoms with van der Waals surface area (Å²) >= 11 is 0. The van der Waals surface area contributed by atoms with Gasteiger partial charge < -0.3 is 5.11 Å². The molecule has 118 valence electrons. The highest BCUT2D eigenvalue weighted by atomic mass is 16.2. The molecule has 0 aromatic rings. The van der Waals surface area contributed by atoms with Crippen molar-refractivity contribution in [3.8, 4) is 0 Å². The van der Waals surface area contributed by atoms with Gasteiger partial charge in [0.05, 0.1) is 0 Å². The van der Waals surface area contributed by atoms with Crippen molar-refractivity contribution in [1.82, 2.24) is 0 Å². The van der Waals surface area contributed by atoms with Crippen molar-refractivity contribution >= 4 is 0 Å². The molecule has 0 unspecified atom stereocenters. The molecule has 0 atom stereocenters. The van der Waals surface area contributed by atoms with Gasteiger partial charge in [0.15, 0.2) is 0 Å². The summed E-state index contributed by atoms with van der Waals surface area (Å²) in [6.07, 6.45) is 10.6. The molecule has 0 bridgehead atoms. The molecule has 1 heteroatoms. The Balaban J connectivity index is -0.0000000832. The van der Waals surface area contributed by atoms with Crippen molar-refractivity contribution < 1.29 is 5.11 Å². The van der Waals surface area contributed by atoms with E-state index in [1.54, 1.807) is 11.1 Å². The van der Waals surface area contributed by atoms with Crippen LogP contribution in [-0.4, -0.2) is 11.7 Å². The molecular weight excluding hydrogens is 232 g/mol. The maximum absolute atomic E-state index is 7.88. The number of allylic oxidation sites excluding steroid dienone is 4. The fourth-order valence-electron chi connectivity index (χ4n) is 1.09. The lowest BCUT2D eigenvalue weighted by molar-refractivity contribution is 0.295. The van der Waals surface area contributed by atoms with Crippen LogP contribution in [0.5, 0.6) is 0 Å². The molecule has 0 saturated carbocycles. The predicted molar refractivity (Wildman–Crippen MR) is 92.8 cm³/mol. The van der Waals surface area contributed by atoms with E-state index in [0.29, 0.717) is 6.61 Å². The highest BCUT2D eigenvalue weighted by molar-refractivity contribution is 5.45. The van der Waals surface area contributed by atoms with Crippen LogP contribution < -0.4 is 0 Å². The maximum Gasteiger partial charge on any atom is 0.0428 e. The van der Waals surface area contributed by atoms with Gasteiger partial charge in [0, 0.05) is 6.61 Å². The summed E-state index contributed by atoms with van der Waals surface area (Å²) < 4.78 is 0. The van der Waals surface area contributed by atoms with Crippen LogP contribution in [0.15, 0.2) is 23.3 Å². The first-order valence-corrected chi connectivity index (χ1v) is 7.78. The van der Waals surface area contributed by atoms with E-state index in [0.717, 1.165) is 6.42 Å². The van der Waals surface area contributed by atoms with Crippen molar-refractivity contribution in [2.45, 2.75) is 88.0 Å². The molecule has 0 saturated heterocycles. The third kappa shape index (κ3) is 23.0. The third-order valence-electron chi connectivity index (χ3n) is 1.89. The fraction of sp³-hybridized carbons (Fsp3) is 0.778. The van der Waals surface area contributed by atoms with Crippen molar-refractivity contribution in [2.75, 3.05) is 6.61 Å². The molecule has 0 aromatic carbocycles. The van der Waals surface area contributed by atoms with Crippen LogP contribution in [0.4, 0.5) is 0 Å². The van der Waals surface area contributed by atoms with E-state index in [-0.39, 0.29) is 7.43 Å². The van der Waals surface area contributed by atoms with Crippen molar-refractivity contribution in [1.29, 1.82) is 0 Å². The number of aliphatic hydroxyl groups is 1. The number of hydrogen-bond acceptors (Lipinski definition) is 1. The van der Waals surface area contributed by atoms with E-state index in [9.17, 15) is 0 Å². The number of rotatable bonds is 1. The van der Waals surface area contributed by atoms with Crippen LogP contribution in [0, 0.1) is 0 Å². The molecule has 2 aliphatic carbocycles. The lowest BCUT2D eigenvalue weighted by atomic mass is 10.2. The summed E-state index contributed by atoms with van der Waals surface area (Å²) in [6.45, 7) is 14.5. The zero-order valence-electron chi connectivity index (χ0n) is 13.8. The Bertz CT molecular complexity index is 188. The normalized spacial score (nSPS) is 12.4. The second-order valence-electron chi connectivity index (χ2n) is 3.68. The van der Waals surface area contributed by atoms with Gasteiger partial charge in [-0.25, -0.2) is 0 Å². The van der Waals surface area contributed by atoms with Crippen molar-refractivity contribution in [3.05, 3.63) is 23.3 Å². The second-order valence-corrected chi connectivity index (χ2v) is 3.68. The third-order valence-corrected chi connectivity index (χ3v) is 1.89. The van der Waals surface area contributed by atoms with E-state index in [2.05, 4.69) is 26.0 Å². The van der Waals surface area contributed by atoms with Gasteiger partial charge in [0.1, 0.15) is 0 Å². The molecule has 0 amide bonds. The monoisotopic (exact) mass is 272 g/mol. The second kappa shape index (κ2) is 26.1. The quantitative estimate of drug-likeness (QED) is 0.575. The van der Waals surface area contributed by atoms with Gasteiger partial charge in [-0.2, -0.15) is 0 Å². The fourth-order valence-corrected chi connectivity index (χ4v) is 1.09. The molecule has 0 fully saturated rings. The van der Waals surface area contributed by atoms with Crippen LogP contribution in [0.25, 0.3) is 0 Å². The first-order chi connectivity index (χ1) is 8.79. The zero-order valence-corrected chi connectivity index (χ0v) is 13.8. The average Bonchev–Trinajstić information content (AvgIpc) is 3.24. The Morgan fingerprint density at radius 2 is 1.47 bits per heavy atom. The first-order valence-electron chi connectivity index (χ1n) is 7.78. The van der Waals surface area contributed by atoms with Crippen LogP contribution >= 0.6 is 0 Å². The van der Waals surface area contributed by atoms with Crippen LogP contribution in [0.3, 0.4) is 0 Å². The van der Waals surface area contributed by atoms with Crippen molar-refractivity contribution in [2.24, 2.45) is 0 Å². The van der Waals surface area contributed by atoms with Crippen LogP contribution in [0.2, 0.25) is 0 Å². The summed E-state index contributed by atoms with van der Waals surface area (Å²) in [5.74, 6) is 0. The minimum atomic E-state index is 0. The minimum Gasteiger partial charge on any atom is -0.396 e. The SMILES string of the molecule is C.C1=CC2=C(CC1)C2.CC.CC.CCC.CCCO. The van der Waals surface area contributed by atoms with Gasteiger partial charge in [-0.3, -0.25) is 0 Å². The predicted octanol–water partition coefficient (Wildman–Crippen LogP) is 6.53. The van der Waals surface area contributed by atoms with Gasteiger partial charge in [0.25, 0.3) is 0 Å². The van der Waals surface area contributed by atoms with E-state index >= 15 is 0 Å². The lowest BCUT2D eigenvalue weighted by Crippen LogP contribution is -1.69. The molecule has 1 nitrogen and oxygen atoms in total. The van der Waals surface area contributed by atoms with Crippen LogP contribution in [0.1, 0.15) is 88.0 Å². The van der Waals surface area contributed by atoms with E-state index in [1.807, 2.05) is 34.6 Å². The summed E-state index contributed by atoms with van der Waals surface area (Å²) in [4.78, 5) is 0. The zero-order chi connectivity index (χ0) is 14.8. The molecule has 2 rings (SSSR count). The van der Waals surface area contributed by atoms with Gasteiger partial charge in [0.2, 0.25) is 0 Å². The molecule has 0 radical (unpaired) electrons. The Hall–Kier alpha value is -0.560. The highest BCUT2D eigenvalue weighted by Gasteiger charge is 2.19. The molecule has 0 aromatic heterocycles. The molecule has 19 heavy (non-hydrogen) atoms. The Kier molecular flexibility index (Phi) is 36.9. The van der Waals surface area contributed by atoms with E-state index in [4.69, 9.17) is 5.11 Å². The molecule has 0 heterocycles. The molecule has 1 N–H and O–H groups in total. The molecular formula is C18H40O. The van der Waals surface area contributed by atoms with E-state index in [1.165, 1.54) is 25.7 Å². The standard InChI is InChI=1S/C7H8.C3H8O.C3H8.2C2H6.CH4/c1-2-4-7-5-6(7)3-1;1-2-3-4;1-3-2;2*1-2;/h1,3H,2,4-5H2;4H,2-3H2,1H3;3H2,1-2H3;2*1-2H3;1H4.